The summed E-state index contributed by atoms with van der Waals surface area (Å²) >= 11 is 12.5. The standard InChI is InChI=1S/C25H21Cl2N3O2/c26-20-9-4-1-6-17(20)16-29-12-14-30(15-13-29)25(21-10-5-11-22(27)28-21)23(31)18-7-2-3-8-19(18)24(25)32/h1-11H,12-16H2. The van der Waals surface area contributed by atoms with Crippen LogP contribution in [0.25, 0.3) is 0 Å². The number of nitrogens with zero attached hydrogens (tertiary/aromatic N) is 3. The number of ketones is 2. The fourth-order valence-corrected chi connectivity index (χ4v) is 5.13. The van der Waals surface area contributed by atoms with Gasteiger partial charge >= 0.3 is 0 Å². The molecule has 5 nitrogen and oxygen atoms in total. The first-order chi connectivity index (χ1) is 15.5. The van der Waals surface area contributed by atoms with Crippen LogP contribution in [-0.4, -0.2) is 52.5 Å². The van der Waals surface area contributed by atoms with Crippen LogP contribution in [-0.2, 0) is 12.1 Å². The van der Waals surface area contributed by atoms with Crippen molar-refractivity contribution in [3.05, 3.63) is 99.3 Å². The molecule has 32 heavy (non-hydrogen) atoms. The van der Waals surface area contributed by atoms with Crippen LogP contribution >= 0.6 is 23.2 Å². The maximum atomic E-state index is 13.8. The summed E-state index contributed by atoms with van der Waals surface area (Å²) in [4.78, 5) is 36.3. The van der Waals surface area contributed by atoms with Gasteiger partial charge in [0.05, 0.1) is 5.69 Å². The van der Waals surface area contributed by atoms with E-state index in [0.29, 0.717) is 43.0 Å². The number of hydrogen-bond acceptors (Lipinski definition) is 5. The lowest BCUT2D eigenvalue weighted by atomic mass is 9.85. The van der Waals surface area contributed by atoms with Crippen molar-refractivity contribution in [3.8, 4) is 0 Å². The van der Waals surface area contributed by atoms with Gasteiger partial charge < -0.3 is 0 Å². The molecular formula is C25H21Cl2N3O2. The molecule has 0 atom stereocenters. The van der Waals surface area contributed by atoms with E-state index in [4.69, 9.17) is 23.2 Å². The number of benzene rings is 2. The maximum Gasteiger partial charge on any atom is 0.198 e. The summed E-state index contributed by atoms with van der Waals surface area (Å²) in [5, 5.41) is 1.00. The van der Waals surface area contributed by atoms with Crippen molar-refractivity contribution in [2.75, 3.05) is 26.2 Å². The van der Waals surface area contributed by atoms with E-state index < -0.39 is 5.54 Å². The molecule has 1 fully saturated rings. The molecule has 2 aromatic carbocycles. The molecule has 2 aliphatic rings. The zero-order valence-electron chi connectivity index (χ0n) is 17.3. The lowest BCUT2D eigenvalue weighted by Crippen LogP contribution is -2.60. The van der Waals surface area contributed by atoms with Gasteiger partial charge in [0.25, 0.3) is 0 Å². The normalized spacial score (nSPS) is 18.7. The molecule has 1 aliphatic carbocycles. The van der Waals surface area contributed by atoms with Crippen molar-refractivity contribution in [2.45, 2.75) is 12.1 Å². The summed E-state index contributed by atoms with van der Waals surface area (Å²) in [6.07, 6.45) is 0. The van der Waals surface area contributed by atoms with Gasteiger partial charge in [-0.25, -0.2) is 4.98 Å². The van der Waals surface area contributed by atoms with Crippen LogP contribution in [0.1, 0.15) is 32.0 Å². The van der Waals surface area contributed by atoms with Gasteiger partial charge in [-0.05, 0) is 23.8 Å². The van der Waals surface area contributed by atoms with Gasteiger partial charge in [0.1, 0.15) is 5.15 Å². The summed E-state index contributed by atoms with van der Waals surface area (Å²) in [5.74, 6) is -0.458. The van der Waals surface area contributed by atoms with Crippen molar-refractivity contribution in [2.24, 2.45) is 0 Å². The number of rotatable bonds is 4. The lowest BCUT2D eigenvalue weighted by molar-refractivity contribution is 0.0267. The first-order valence-electron chi connectivity index (χ1n) is 10.5. The molecule has 1 aliphatic heterocycles. The van der Waals surface area contributed by atoms with Gasteiger partial charge in [0, 0.05) is 48.9 Å². The van der Waals surface area contributed by atoms with Crippen LogP contribution < -0.4 is 0 Å². The Morgan fingerprint density at radius 3 is 2.03 bits per heavy atom. The molecule has 0 amide bonds. The summed E-state index contributed by atoms with van der Waals surface area (Å²) in [7, 11) is 0. The summed E-state index contributed by atoms with van der Waals surface area (Å²) < 4.78 is 0. The van der Waals surface area contributed by atoms with E-state index in [1.54, 1.807) is 42.5 Å². The Hall–Kier alpha value is -2.57. The van der Waals surface area contributed by atoms with Gasteiger partial charge in [0.2, 0.25) is 0 Å². The first kappa shape index (κ1) is 21.3. The maximum absolute atomic E-state index is 13.8. The largest absolute Gasteiger partial charge is 0.296 e. The number of halogens is 2. The number of pyridine rings is 1. The molecule has 5 rings (SSSR count). The third-order valence-corrected chi connectivity index (χ3v) is 6.94. The van der Waals surface area contributed by atoms with E-state index >= 15 is 0 Å². The molecule has 0 radical (unpaired) electrons. The van der Waals surface area contributed by atoms with Gasteiger partial charge in [0.15, 0.2) is 17.1 Å². The minimum Gasteiger partial charge on any atom is -0.296 e. The van der Waals surface area contributed by atoms with Crippen molar-refractivity contribution in [1.29, 1.82) is 0 Å². The third kappa shape index (κ3) is 3.37. The van der Waals surface area contributed by atoms with Gasteiger partial charge in [-0.3, -0.25) is 19.4 Å². The summed E-state index contributed by atoms with van der Waals surface area (Å²) in [6.45, 7) is 3.21. The van der Waals surface area contributed by atoms with Gasteiger partial charge in [-0.1, -0.05) is 71.7 Å². The Bertz CT molecular complexity index is 1170. The molecule has 1 aromatic heterocycles. The fraction of sp³-hybridized carbons (Fsp3) is 0.240. The van der Waals surface area contributed by atoms with Crippen LogP contribution in [0.15, 0.2) is 66.7 Å². The molecule has 0 bridgehead atoms. The van der Waals surface area contributed by atoms with E-state index in [0.717, 1.165) is 17.1 Å². The van der Waals surface area contributed by atoms with Crippen molar-refractivity contribution in [1.82, 2.24) is 14.8 Å². The number of fused-ring (bicyclic) bond motifs is 1. The van der Waals surface area contributed by atoms with E-state index in [9.17, 15) is 9.59 Å². The van der Waals surface area contributed by atoms with E-state index in [1.807, 2.05) is 29.2 Å². The Balaban J connectivity index is 1.48. The van der Waals surface area contributed by atoms with Crippen molar-refractivity contribution in [3.63, 3.8) is 0 Å². The van der Waals surface area contributed by atoms with Crippen LogP contribution in [0.2, 0.25) is 10.2 Å². The molecule has 0 N–H and O–H groups in total. The van der Waals surface area contributed by atoms with Crippen molar-refractivity contribution >= 4 is 34.8 Å². The highest BCUT2D eigenvalue weighted by Crippen LogP contribution is 2.42. The molecule has 1 saturated heterocycles. The number of carbonyl (C=O) groups is 2. The molecule has 0 unspecified atom stereocenters. The Labute approximate surface area is 196 Å². The topological polar surface area (TPSA) is 53.5 Å². The number of aromatic nitrogens is 1. The van der Waals surface area contributed by atoms with E-state index in [2.05, 4.69) is 9.88 Å². The second-order valence-corrected chi connectivity index (χ2v) is 8.91. The Kier molecular flexibility index (Phi) is 5.59. The number of carbonyl (C=O) groups excluding carboxylic acids is 2. The fourth-order valence-electron chi connectivity index (χ4n) is 4.77. The predicted octanol–water partition coefficient (Wildman–Crippen LogP) is 4.48. The van der Waals surface area contributed by atoms with Crippen LogP contribution in [0, 0.1) is 0 Å². The van der Waals surface area contributed by atoms with Gasteiger partial charge in [-0.15, -0.1) is 0 Å². The second kappa shape index (κ2) is 8.41. The molecule has 0 spiro atoms. The average Bonchev–Trinajstić information content (AvgIpc) is 3.04. The molecule has 3 aromatic rings. The SMILES string of the molecule is O=C1c2ccccc2C(=O)C1(c1cccc(Cl)n1)N1CCN(Cc2ccccc2Cl)CC1. The Morgan fingerprint density at radius 2 is 1.41 bits per heavy atom. The highest BCUT2D eigenvalue weighted by Gasteiger charge is 2.59. The smallest absolute Gasteiger partial charge is 0.198 e. The van der Waals surface area contributed by atoms with E-state index in [-0.39, 0.29) is 16.7 Å². The van der Waals surface area contributed by atoms with Crippen LogP contribution in [0.4, 0.5) is 0 Å². The summed E-state index contributed by atoms with van der Waals surface area (Å²) in [6, 6.07) is 19.9. The Morgan fingerprint density at radius 1 is 0.781 bits per heavy atom. The molecular weight excluding hydrogens is 445 g/mol. The molecule has 7 heteroatoms. The summed E-state index contributed by atoms with van der Waals surface area (Å²) in [5.41, 5.74) is 0.853. The number of Topliss-reactive ketones (excluding diaryl/α,β-unsaturated/α-hetero) is 2. The van der Waals surface area contributed by atoms with Crippen LogP contribution in [0.5, 0.6) is 0 Å². The monoisotopic (exact) mass is 465 g/mol. The van der Waals surface area contributed by atoms with Crippen molar-refractivity contribution < 1.29 is 9.59 Å². The third-order valence-electron chi connectivity index (χ3n) is 6.36. The number of piperazine rings is 1. The minimum atomic E-state index is -1.48. The quantitative estimate of drug-likeness (QED) is 0.419. The molecule has 2 heterocycles. The average molecular weight is 466 g/mol. The second-order valence-electron chi connectivity index (χ2n) is 8.11. The van der Waals surface area contributed by atoms with Crippen LogP contribution in [0.3, 0.4) is 0 Å². The van der Waals surface area contributed by atoms with E-state index in [1.165, 1.54) is 0 Å². The zero-order chi connectivity index (χ0) is 22.3. The van der Waals surface area contributed by atoms with Gasteiger partial charge in [-0.2, -0.15) is 0 Å². The molecule has 0 saturated carbocycles. The lowest BCUT2D eigenvalue weighted by Gasteiger charge is -2.43. The first-order valence-corrected chi connectivity index (χ1v) is 11.3. The molecule has 162 valence electrons. The zero-order valence-corrected chi connectivity index (χ0v) is 18.8. The highest BCUT2D eigenvalue weighted by atomic mass is 35.5. The predicted molar refractivity (Wildman–Crippen MR) is 124 cm³/mol. The highest BCUT2D eigenvalue weighted by molar-refractivity contribution is 6.33. The number of hydrogen-bond donors (Lipinski definition) is 0. The minimum absolute atomic E-state index is 0.229.